The standard InChI is InChI=1S/C8H15N3O4S2/c1-16(12,13)10-7-3-5-8(9,6-4-7)11-17(2,14)15/h3-5,10-11H,6,9H2,1-2H3. The van der Waals surface area contributed by atoms with Gasteiger partial charge in [-0.2, -0.15) is 4.72 Å². The van der Waals surface area contributed by atoms with Crippen LogP contribution in [0.4, 0.5) is 0 Å². The molecule has 0 aromatic heterocycles. The maximum absolute atomic E-state index is 11.1. The van der Waals surface area contributed by atoms with E-state index in [1.807, 2.05) is 0 Å². The fourth-order valence-corrected chi connectivity index (χ4v) is 2.79. The predicted molar refractivity (Wildman–Crippen MR) is 64.7 cm³/mol. The molecule has 4 N–H and O–H groups in total. The highest BCUT2D eigenvalue weighted by molar-refractivity contribution is 7.89. The number of hydrogen-bond acceptors (Lipinski definition) is 5. The lowest BCUT2D eigenvalue weighted by Gasteiger charge is -2.28. The Morgan fingerprint density at radius 1 is 1.24 bits per heavy atom. The van der Waals surface area contributed by atoms with E-state index in [-0.39, 0.29) is 6.42 Å². The molecule has 17 heavy (non-hydrogen) atoms. The summed E-state index contributed by atoms with van der Waals surface area (Å²) >= 11 is 0. The van der Waals surface area contributed by atoms with E-state index < -0.39 is 25.7 Å². The van der Waals surface area contributed by atoms with Crippen molar-refractivity contribution in [2.75, 3.05) is 12.5 Å². The van der Waals surface area contributed by atoms with Gasteiger partial charge < -0.3 is 5.73 Å². The van der Waals surface area contributed by atoms with Crippen LogP contribution in [0.2, 0.25) is 0 Å². The van der Waals surface area contributed by atoms with E-state index in [2.05, 4.69) is 9.44 Å². The number of nitrogens with two attached hydrogens (primary N) is 1. The average Bonchev–Trinajstić information content (AvgIpc) is 2.04. The maximum Gasteiger partial charge on any atom is 0.229 e. The number of sulfonamides is 2. The van der Waals surface area contributed by atoms with Gasteiger partial charge in [-0.05, 0) is 12.2 Å². The first-order valence-electron chi connectivity index (χ1n) is 4.64. The van der Waals surface area contributed by atoms with Crippen molar-refractivity contribution in [3.8, 4) is 0 Å². The fourth-order valence-electron chi connectivity index (χ4n) is 1.36. The van der Waals surface area contributed by atoms with Gasteiger partial charge in [0.05, 0.1) is 12.5 Å². The Morgan fingerprint density at radius 2 is 1.82 bits per heavy atom. The summed E-state index contributed by atoms with van der Waals surface area (Å²) in [5.74, 6) is 0. The molecule has 7 nitrogen and oxygen atoms in total. The maximum atomic E-state index is 11.1. The lowest BCUT2D eigenvalue weighted by Crippen LogP contribution is -2.54. The molecule has 0 saturated heterocycles. The van der Waals surface area contributed by atoms with Gasteiger partial charge in [-0.3, -0.25) is 4.72 Å². The number of allylic oxidation sites excluding steroid dienone is 1. The van der Waals surface area contributed by atoms with Gasteiger partial charge in [0, 0.05) is 12.1 Å². The highest BCUT2D eigenvalue weighted by Gasteiger charge is 2.27. The molecule has 0 fully saturated rings. The Bertz CT molecular complexity index is 562. The second-order valence-corrected chi connectivity index (χ2v) is 7.48. The monoisotopic (exact) mass is 281 g/mol. The van der Waals surface area contributed by atoms with Crippen LogP contribution < -0.4 is 15.2 Å². The molecule has 0 spiro atoms. The summed E-state index contributed by atoms with van der Waals surface area (Å²) in [7, 11) is -6.77. The normalized spacial score (nSPS) is 25.5. The third-order valence-electron chi connectivity index (χ3n) is 1.90. The first kappa shape index (κ1) is 14.2. The first-order valence-corrected chi connectivity index (χ1v) is 8.42. The van der Waals surface area contributed by atoms with Crippen molar-refractivity contribution in [3.05, 3.63) is 23.9 Å². The van der Waals surface area contributed by atoms with Gasteiger partial charge in [0.25, 0.3) is 0 Å². The summed E-state index contributed by atoms with van der Waals surface area (Å²) in [5.41, 5.74) is 4.92. The van der Waals surface area contributed by atoms with Crippen molar-refractivity contribution in [2.24, 2.45) is 5.73 Å². The van der Waals surface area contributed by atoms with Gasteiger partial charge in [-0.1, -0.05) is 6.08 Å². The summed E-state index contributed by atoms with van der Waals surface area (Å²) in [5, 5.41) is 0. The van der Waals surface area contributed by atoms with Gasteiger partial charge in [0.1, 0.15) is 5.66 Å². The number of rotatable bonds is 4. The van der Waals surface area contributed by atoms with Crippen molar-refractivity contribution in [3.63, 3.8) is 0 Å². The van der Waals surface area contributed by atoms with E-state index in [9.17, 15) is 16.8 Å². The van der Waals surface area contributed by atoms with E-state index in [0.717, 1.165) is 12.5 Å². The molecule has 1 aliphatic carbocycles. The van der Waals surface area contributed by atoms with Gasteiger partial charge in [-0.15, -0.1) is 0 Å². The minimum atomic E-state index is -3.43. The lowest BCUT2D eigenvalue weighted by atomic mass is 10.0. The van der Waals surface area contributed by atoms with E-state index in [0.29, 0.717) is 5.70 Å². The van der Waals surface area contributed by atoms with Gasteiger partial charge >= 0.3 is 0 Å². The van der Waals surface area contributed by atoms with E-state index in [1.165, 1.54) is 18.2 Å². The second-order valence-electron chi connectivity index (χ2n) is 3.99. The van der Waals surface area contributed by atoms with Crippen LogP contribution in [0.15, 0.2) is 23.9 Å². The molecule has 98 valence electrons. The second kappa shape index (κ2) is 4.41. The van der Waals surface area contributed by atoms with Crippen LogP contribution in [-0.2, 0) is 20.0 Å². The average molecular weight is 281 g/mol. The van der Waals surface area contributed by atoms with E-state index in [4.69, 9.17) is 5.73 Å². The zero-order chi connectivity index (χ0) is 13.3. The molecule has 0 aliphatic heterocycles. The summed E-state index contributed by atoms with van der Waals surface area (Å²) in [4.78, 5) is 0. The molecule has 0 bridgehead atoms. The van der Waals surface area contributed by atoms with Crippen LogP contribution in [0.5, 0.6) is 0 Å². The van der Waals surface area contributed by atoms with Crippen LogP contribution >= 0.6 is 0 Å². The predicted octanol–water partition coefficient (Wildman–Crippen LogP) is -1.42. The highest BCUT2D eigenvalue weighted by Crippen LogP contribution is 2.16. The van der Waals surface area contributed by atoms with Crippen molar-refractivity contribution in [1.82, 2.24) is 9.44 Å². The third-order valence-corrected chi connectivity index (χ3v) is 3.26. The highest BCUT2D eigenvalue weighted by atomic mass is 32.2. The van der Waals surface area contributed by atoms with Gasteiger partial charge in [-0.25, -0.2) is 16.8 Å². The molecule has 1 unspecified atom stereocenters. The number of hydrogen-bond donors (Lipinski definition) is 3. The molecule has 9 heteroatoms. The third kappa shape index (κ3) is 5.31. The molecule has 1 rings (SSSR count). The quantitative estimate of drug-likeness (QED) is 0.547. The lowest BCUT2D eigenvalue weighted by molar-refractivity contribution is 0.480. The zero-order valence-electron chi connectivity index (χ0n) is 9.47. The van der Waals surface area contributed by atoms with Crippen molar-refractivity contribution in [1.29, 1.82) is 0 Å². The van der Waals surface area contributed by atoms with Gasteiger partial charge in [0.2, 0.25) is 20.0 Å². The summed E-state index contributed by atoms with van der Waals surface area (Å²) < 4.78 is 48.6. The Labute approximate surface area is 101 Å². The summed E-state index contributed by atoms with van der Waals surface area (Å²) in [6, 6.07) is 0. The van der Waals surface area contributed by atoms with Crippen LogP contribution in [0.3, 0.4) is 0 Å². The SMILES string of the molecule is CS(=O)(=O)NC1=CCC(N)(NS(C)(=O)=O)C=C1. The Kier molecular flexibility index (Phi) is 3.67. The van der Waals surface area contributed by atoms with Gasteiger partial charge in [0.15, 0.2) is 0 Å². The molecule has 0 heterocycles. The molecule has 0 amide bonds. The smallest absolute Gasteiger partial charge is 0.229 e. The van der Waals surface area contributed by atoms with Crippen LogP contribution in [0.1, 0.15) is 6.42 Å². The Morgan fingerprint density at radius 3 is 2.18 bits per heavy atom. The minimum Gasteiger partial charge on any atom is -0.309 e. The molecule has 1 atom stereocenters. The van der Waals surface area contributed by atoms with Crippen LogP contribution in [0, 0.1) is 0 Å². The van der Waals surface area contributed by atoms with Crippen LogP contribution in [0.25, 0.3) is 0 Å². The van der Waals surface area contributed by atoms with E-state index in [1.54, 1.807) is 0 Å². The molecular weight excluding hydrogens is 266 g/mol. The van der Waals surface area contributed by atoms with Crippen LogP contribution in [-0.4, -0.2) is 35.0 Å². The van der Waals surface area contributed by atoms with E-state index >= 15 is 0 Å². The van der Waals surface area contributed by atoms with Crippen molar-refractivity contribution >= 4 is 20.0 Å². The first-order chi connectivity index (χ1) is 7.49. The zero-order valence-corrected chi connectivity index (χ0v) is 11.1. The number of nitrogens with one attached hydrogen (secondary N) is 2. The van der Waals surface area contributed by atoms with Crippen molar-refractivity contribution < 1.29 is 16.8 Å². The Hall–Kier alpha value is -0.900. The summed E-state index contributed by atoms with van der Waals surface area (Å²) in [6.07, 6.45) is 6.53. The largest absolute Gasteiger partial charge is 0.309 e. The molecule has 0 saturated carbocycles. The molecular formula is C8H15N3O4S2. The summed E-state index contributed by atoms with van der Waals surface area (Å²) in [6.45, 7) is 0. The molecule has 0 aromatic carbocycles. The topological polar surface area (TPSA) is 118 Å². The Balaban J connectivity index is 2.77. The van der Waals surface area contributed by atoms with Crippen molar-refractivity contribution in [2.45, 2.75) is 12.1 Å². The molecule has 0 radical (unpaired) electrons. The fraction of sp³-hybridized carbons (Fsp3) is 0.500. The molecule has 1 aliphatic rings. The minimum absolute atomic E-state index is 0.161. The molecule has 0 aromatic rings.